The Morgan fingerprint density at radius 3 is 3.00 bits per heavy atom. The monoisotopic (exact) mass is 302 g/mol. The van der Waals surface area contributed by atoms with Crippen LogP contribution in [0, 0.1) is 0 Å². The molecule has 0 bridgehead atoms. The smallest absolute Gasteiger partial charge is 0.225 e. The van der Waals surface area contributed by atoms with E-state index in [2.05, 4.69) is 43.1 Å². The Balaban J connectivity index is 1.80. The van der Waals surface area contributed by atoms with Gasteiger partial charge < -0.3 is 10.2 Å². The summed E-state index contributed by atoms with van der Waals surface area (Å²) in [4.78, 5) is 14.1. The molecule has 1 N–H and O–H groups in total. The number of hydrogen-bond donors (Lipinski definition) is 1. The van der Waals surface area contributed by atoms with E-state index in [0.717, 1.165) is 35.5 Å². The SMILES string of the molecule is CNc1nc(N2CCc3sccc3C2)c2ccsc2n1. The number of rotatable bonds is 2. The van der Waals surface area contributed by atoms with Crippen molar-refractivity contribution >= 4 is 44.7 Å². The van der Waals surface area contributed by atoms with Crippen LogP contribution in [0.5, 0.6) is 0 Å². The average Bonchev–Trinajstić information content (AvgIpc) is 3.13. The lowest BCUT2D eigenvalue weighted by atomic mass is 10.1. The molecule has 0 radical (unpaired) electrons. The molecule has 0 unspecified atom stereocenters. The van der Waals surface area contributed by atoms with E-state index in [4.69, 9.17) is 0 Å². The summed E-state index contributed by atoms with van der Waals surface area (Å²) >= 11 is 3.53. The highest BCUT2D eigenvalue weighted by Gasteiger charge is 2.21. The Morgan fingerprint density at radius 2 is 2.10 bits per heavy atom. The Kier molecular flexibility index (Phi) is 2.85. The molecule has 0 amide bonds. The van der Waals surface area contributed by atoms with Crippen molar-refractivity contribution in [3.63, 3.8) is 0 Å². The molecule has 3 aromatic rings. The molecule has 4 rings (SSSR count). The summed E-state index contributed by atoms with van der Waals surface area (Å²) in [5.41, 5.74) is 1.44. The molecule has 1 aliphatic heterocycles. The predicted molar refractivity (Wildman–Crippen MR) is 86.0 cm³/mol. The molecule has 6 heteroatoms. The first-order valence-corrected chi connectivity index (χ1v) is 8.34. The number of hydrogen-bond acceptors (Lipinski definition) is 6. The number of fused-ring (bicyclic) bond motifs is 2. The Labute approximate surface area is 125 Å². The summed E-state index contributed by atoms with van der Waals surface area (Å²) in [6.45, 7) is 1.97. The lowest BCUT2D eigenvalue weighted by Crippen LogP contribution is -2.30. The Hall–Kier alpha value is -1.66. The minimum absolute atomic E-state index is 0.700. The maximum atomic E-state index is 4.69. The summed E-state index contributed by atoms with van der Waals surface area (Å²) in [6.07, 6.45) is 1.11. The predicted octanol–water partition coefficient (Wildman–Crippen LogP) is 3.36. The zero-order valence-corrected chi connectivity index (χ0v) is 12.7. The van der Waals surface area contributed by atoms with Crippen LogP contribution in [-0.2, 0) is 13.0 Å². The molecule has 0 atom stereocenters. The van der Waals surface area contributed by atoms with Crippen molar-refractivity contribution in [2.24, 2.45) is 0 Å². The number of nitrogens with zero attached hydrogens (tertiary/aromatic N) is 3. The zero-order valence-electron chi connectivity index (χ0n) is 11.1. The van der Waals surface area contributed by atoms with Crippen LogP contribution >= 0.6 is 22.7 Å². The first-order chi connectivity index (χ1) is 9.85. The molecule has 0 spiro atoms. The molecule has 0 saturated carbocycles. The van der Waals surface area contributed by atoms with E-state index in [9.17, 15) is 0 Å². The summed E-state index contributed by atoms with van der Waals surface area (Å²) in [5.74, 6) is 1.75. The number of aromatic nitrogens is 2. The third-order valence-electron chi connectivity index (χ3n) is 3.64. The molecule has 102 valence electrons. The van der Waals surface area contributed by atoms with Gasteiger partial charge in [-0.1, -0.05) is 0 Å². The second-order valence-corrected chi connectivity index (χ2v) is 6.70. The lowest BCUT2D eigenvalue weighted by molar-refractivity contribution is 0.735. The van der Waals surface area contributed by atoms with Gasteiger partial charge in [0.25, 0.3) is 0 Å². The van der Waals surface area contributed by atoms with E-state index >= 15 is 0 Å². The fourth-order valence-electron chi connectivity index (χ4n) is 2.62. The fourth-order valence-corrected chi connectivity index (χ4v) is 4.27. The van der Waals surface area contributed by atoms with Crippen molar-refractivity contribution in [2.75, 3.05) is 23.8 Å². The Bertz CT molecular complexity index is 761. The summed E-state index contributed by atoms with van der Waals surface area (Å²) < 4.78 is 0. The molecule has 0 aromatic carbocycles. The van der Waals surface area contributed by atoms with Gasteiger partial charge in [0, 0.05) is 25.0 Å². The summed E-state index contributed by atoms with van der Waals surface area (Å²) in [6, 6.07) is 4.36. The molecule has 1 aliphatic rings. The van der Waals surface area contributed by atoms with Gasteiger partial charge in [-0.2, -0.15) is 4.98 Å². The minimum Gasteiger partial charge on any atom is -0.357 e. The van der Waals surface area contributed by atoms with Crippen molar-refractivity contribution in [1.29, 1.82) is 0 Å². The van der Waals surface area contributed by atoms with Crippen molar-refractivity contribution < 1.29 is 0 Å². The molecule has 0 fully saturated rings. The van der Waals surface area contributed by atoms with E-state index in [1.54, 1.807) is 11.3 Å². The van der Waals surface area contributed by atoms with Crippen LogP contribution in [0.4, 0.5) is 11.8 Å². The molecular weight excluding hydrogens is 288 g/mol. The number of nitrogens with one attached hydrogen (secondary N) is 1. The summed E-state index contributed by atoms with van der Waals surface area (Å²) in [7, 11) is 1.87. The van der Waals surface area contributed by atoms with Crippen LogP contribution in [0.2, 0.25) is 0 Å². The second-order valence-electron chi connectivity index (χ2n) is 4.80. The van der Waals surface area contributed by atoms with Gasteiger partial charge in [0.1, 0.15) is 10.6 Å². The van der Waals surface area contributed by atoms with Crippen LogP contribution in [0.15, 0.2) is 22.9 Å². The molecule has 4 nitrogen and oxygen atoms in total. The van der Waals surface area contributed by atoms with Gasteiger partial charge in [-0.3, -0.25) is 0 Å². The maximum Gasteiger partial charge on any atom is 0.225 e. The molecule has 3 aromatic heterocycles. The quantitative estimate of drug-likeness (QED) is 0.788. The van der Waals surface area contributed by atoms with Crippen molar-refractivity contribution in [3.05, 3.63) is 33.3 Å². The van der Waals surface area contributed by atoms with E-state index in [0.29, 0.717) is 5.95 Å². The maximum absolute atomic E-state index is 4.69. The second kappa shape index (κ2) is 4.71. The van der Waals surface area contributed by atoms with Crippen molar-refractivity contribution in [3.8, 4) is 0 Å². The average molecular weight is 302 g/mol. The van der Waals surface area contributed by atoms with Crippen LogP contribution < -0.4 is 10.2 Å². The van der Waals surface area contributed by atoms with Gasteiger partial charge in [0.05, 0.1) is 5.39 Å². The highest BCUT2D eigenvalue weighted by molar-refractivity contribution is 7.16. The van der Waals surface area contributed by atoms with Crippen LogP contribution in [0.1, 0.15) is 10.4 Å². The Morgan fingerprint density at radius 1 is 1.20 bits per heavy atom. The van der Waals surface area contributed by atoms with Crippen LogP contribution in [0.3, 0.4) is 0 Å². The zero-order chi connectivity index (χ0) is 13.5. The molecular formula is C14H14N4S2. The number of anilines is 2. The normalized spacial score (nSPS) is 14.6. The van der Waals surface area contributed by atoms with Gasteiger partial charge in [0.2, 0.25) is 5.95 Å². The molecule has 0 saturated heterocycles. The first kappa shape index (κ1) is 12.1. The third-order valence-corrected chi connectivity index (χ3v) is 5.47. The van der Waals surface area contributed by atoms with Gasteiger partial charge in [-0.15, -0.1) is 22.7 Å². The highest BCUT2D eigenvalue weighted by atomic mass is 32.1. The standard InChI is InChI=1S/C14H14N4S2/c1-15-14-16-12(10-4-7-20-13(10)17-14)18-5-2-11-9(8-18)3-6-19-11/h3-4,6-7H,2,5,8H2,1H3,(H,15,16,17). The highest BCUT2D eigenvalue weighted by Crippen LogP contribution is 2.33. The molecule has 20 heavy (non-hydrogen) atoms. The van der Waals surface area contributed by atoms with E-state index in [1.165, 1.54) is 10.4 Å². The van der Waals surface area contributed by atoms with Gasteiger partial charge in [0.15, 0.2) is 0 Å². The molecule has 0 aliphatic carbocycles. The van der Waals surface area contributed by atoms with Gasteiger partial charge in [-0.05, 0) is 34.9 Å². The van der Waals surface area contributed by atoms with E-state index < -0.39 is 0 Å². The largest absolute Gasteiger partial charge is 0.357 e. The first-order valence-electron chi connectivity index (χ1n) is 6.58. The van der Waals surface area contributed by atoms with E-state index in [-0.39, 0.29) is 0 Å². The van der Waals surface area contributed by atoms with Gasteiger partial charge in [-0.25, -0.2) is 4.98 Å². The van der Waals surface area contributed by atoms with E-state index in [1.807, 2.05) is 18.4 Å². The van der Waals surface area contributed by atoms with Crippen molar-refractivity contribution in [1.82, 2.24) is 9.97 Å². The van der Waals surface area contributed by atoms with Gasteiger partial charge >= 0.3 is 0 Å². The van der Waals surface area contributed by atoms with Crippen molar-refractivity contribution in [2.45, 2.75) is 13.0 Å². The van der Waals surface area contributed by atoms with Crippen LogP contribution in [-0.4, -0.2) is 23.6 Å². The third kappa shape index (κ3) is 1.87. The van der Waals surface area contributed by atoms with Crippen LogP contribution in [0.25, 0.3) is 10.2 Å². The lowest BCUT2D eigenvalue weighted by Gasteiger charge is -2.28. The molecule has 4 heterocycles. The number of thiophene rings is 2. The topological polar surface area (TPSA) is 41.1 Å². The summed E-state index contributed by atoms with van der Waals surface area (Å²) in [5, 5.41) is 8.50. The fraction of sp³-hybridized carbons (Fsp3) is 0.286. The minimum atomic E-state index is 0.700.